The first-order valence-electron chi connectivity index (χ1n) is 15.3. The molecule has 2 N–H and O–H groups in total. The monoisotopic (exact) mass is 643 g/mol. The van der Waals surface area contributed by atoms with Crippen molar-refractivity contribution in [1.29, 1.82) is 0 Å². The van der Waals surface area contributed by atoms with Crippen LogP contribution in [0.15, 0.2) is 71.3 Å². The van der Waals surface area contributed by atoms with Crippen LogP contribution in [0.5, 0.6) is 0 Å². The van der Waals surface area contributed by atoms with E-state index in [0.29, 0.717) is 19.3 Å². The number of hydrogen-bond donors (Lipinski definition) is 2. The van der Waals surface area contributed by atoms with Crippen molar-refractivity contribution in [3.8, 4) is 0 Å². The fourth-order valence-electron chi connectivity index (χ4n) is 8.48. The third kappa shape index (κ3) is 5.16. The Hall–Kier alpha value is -3.86. The summed E-state index contributed by atoms with van der Waals surface area (Å²) >= 11 is 0. The number of alkyl halides is 5. The number of nitrogens with one attached hydrogen (secondary N) is 1. The molecule has 2 fully saturated rings. The van der Waals surface area contributed by atoms with Gasteiger partial charge in [-0.1, -0.05) is 36.8 Å². The number of methoxy groups -OCH3 is 1. The van der Waals surface area contributed by atoms with Gasteiger partial charge in [0.05, 0.1) is 30.4 Å². The van der Waals surface area contributed by atoms with Gasteiger partial charge in [0.25, 0.3) is 5.91 Å². The molecule has 46 heavy (non-hydrogen) atoms. The van der Waals surface area contributed by atoms with Crippen LogP contribution in [-0.4, -0.2) is 48.1 Å². The molecular weight excluding hydrogens is 609 g/mol. The van der Waals surface area contributed by atoms with Gasteiger partial charge in [-0.25, -0.2) is 4.79 Å². The van der Waals surface area contributed by atoms with E-state index in [1.807, 2.05) is 0 Å². The molecule has 0 radical (unpaired) electrons. The van der Waals surface area contributed by atoms with Crippen molar-refractivity contribution in [3.63, 3.8) is 0 Å². The molecule has 6 unspecified atom stereocenters. The van der Waals surface area contributed by atoms with Crippen molar-refractivity contribution in [3.05, 3.63) is 88.0 Å². The molecule has 6 rings (SSSR count). The van der Waals surface area contributed by atoms with Gasteiger partial charge in [-0.05, 0) is 96.4 Å². The van der Waals surface area contributed by atoms with Crippen LogP contribution in [0.25, 0.3) is 0 Å². The highest BCUT2D eigenvalue weighted by atomic mass is 19.4. The summed E-state index contributed by atoms with van der Waals surface area (Å²) < 4.78 is 75.1. The van der Waals surface area contributed by atoms with Gasteiger partial charge >= 0.3 is 18.1 Å². The molecule has 2 aromatic rings. The van der Waals surface area contributed by atoms with Crippen molar-refractivity contribution in [2.75, 3.05) is 12.4 Å². The Bertz CT molecular complexity index is 1650. The van der Waals surface area contributed by atoms with Crippen LogP contribution in [0.2, 0.25) is 0 Å². The average Bonchev–Trinajstić information content (AvgIpc) is 3.30. The van der Waals surface area contributed by atoms with E-state index in [1.165, 1.54) is 13.2 Å². The van der Waals surface area contributed by atoms with Gasteiger partial charge in [0, 0.05) is 17.9 Å². The lowest BCUT2D eigenvalue weighted by atomic mass is 9.53. The van der Waals surface area contributed by atoms with Gasteiger partial charge in [-0.3, -0.25) is 9.59 Å². The normalized spacial score (nSPS) is 29.3. The van der Waals surface area contributed by atoms with Gasteiger partial charge in [0.2, 0.25) is 0 Å². The minimum Gasteiger partial charge on any atom is -0.465 e. The highest BCUT2D eigenvalue weighted by Crippen LogP contribution is 2.67. The van der Waals surface area contributed by atoms with E-state index >= 15 is 0 Å². The molecule has 0 saturated heterocycles. The number of esters is 1. The van der Waals surface area contributed by atoms with Gasteiger partial charge in [-0.15, -0.1) is 0 Å². The number of ketones is 1. The number of ether oxygens (including phenoxy) is 1. The molecule has 4 aliphatic carbocycles. The first kappa shape index (κ1) is 32.1. The number of benzene rings is 2. The van der Waals surface area contributed by atoms with Crippen LogP contribution in [0, 0.1) is 23.2 Å². The minimum absolute atomic E-state index is 0.000285. The molecule has 4 aliphatic rings. The number of carbonyl (C=O) groups is 3. The van der Waals surface area contributed by atoms with Gasteiger partial charge in [0.15, 0.2) is 5.78 Å². The van der Waals surface area contributed by atoms with Crippen molar-refractivity contribution < 1.29 is 46.2 Å². The SMILES string of the molecule is COC(=O)c1ccccc1NC(=O)c1ccc(C2CC3(C)C(O)C(C(F)(F)C(F)(F)F)CC3C3CCC4=CC(=O)CCC4=C23)cc1. The van der Waals surface area contributed by atoms with Crippen molar-refractivity contribution >= 4 is 23.3 Å². The number of fused-ring (bicyclic) bond motifs is 4. The molecule has 0 aliphatic heterocycles. The first-order chi connectivity index (χ1) is 21.7. The summed E-state index contributed by atoms with van der Waals surface area (Å²) in [5.74, 6) is -9.79. The molecule has 0 heterocycles. The number of aliphatic hydroxyl groups excluding tert-OH is 1. The Morgan fingerprint density at radius 1 is 1.00 bits per heavy atom. The highest BCUT2D eigenvalue weighted by molar-refractivity contribution is 6.08. The smallest absolute Gasteiger partial charge is 0.453 e. The number of carbonyl (C=O) groups excluding carboxylic acids is 3. The van der Waals surface area contributed by atoms with Crippen LogP contribution in [-0.2, 0) is 9.53 Å². The third-order valence-corrected chi connectivity index (χ3v) is 10.7. The lowest BCUT2D eigenvalue weighted by Gasteiger charge is -2.52. The predicted molar refractivity (Wildman–Crippen MR) is 158 cm³/mol. The van der Waals surface area contributed by atoms with Crippen LogP contribution >= 0.6 is 0 Å². The zero-order chi connectivity index (χ0) is 33.2. The number of halogens is 5. The maximum absolute atomic E-state index is 14.8. The largest absolute Gasteiger partial charge is 0.465 e. The quantitative estimate of drug-likeness (QED) is 0.262. The van der Waals surface area contributed by atoms with Gasteiger partial charge in [-0.2, -0.15) is 22.0 Å². The second-order valence-corrected chi connectivity index (χ2v) is 13.1. The van der Waals surface area contributed by atoms with Crippen LogP contribution in [0.4, 0.5) is 27.6 Å². The molecule has 244 valence electrons. The molecule has 2 saturated carbocycles. The summed E-state index contributed by atoms with van der Waals surface area (Å²) in [6, 6.07) is 13.0. The number of allylic oxidation sites excluding steroid dienone is 4. The number of rotatable bonds is 5. The summed E-state index contributed by atoms with van der Waals surface area (Å²) in [5, 5.41) is 14.0. The predicted octanol–water partition coefficient (Wildman–Crippen LogP) is 7.41. The van der Waals surface area contributed by atoms with Crippen molar-refractivity contribution in [2.24, 2.45) is 23.2 Å². The molecule has 6 nitrogen and oxygen atoms in total. The summed E-state index contributed by atoms with van der Waals surface area (Å²) in [5.41, 5.74) is 3.01. The summed E-state index contributed by atoms with van der Waals surface area (Å²) in [4.78, 5) is 37.6. The fraction of sp³-hybridized carbons (Fsp3) is 0.457. The third-order valence-electron chi connectivity index (χ3n) is 10.7. The molecule has 0 aromatic heterocycles. The molecular formula is C35H34F5NO5. The van der Waals surface area contributed by atoms with Gasteiger partial charge in [0.1, 0.15) is 0 Å². The molecule has 11 heteroatoms. The van der Waals surface area contributed by atoms with E-state index in [9.17, 15) is 41.4 Å². The van der Waals surface area contributed by atoms with Crippen molar-refractivity contribution in [2.45, 2.75) is 69.6 Å². The summed E-state index contributed by atoms with van der Waals surface area (Å²) in [7, 11) is 1.23. The lowest BCUT2D eigenvalue weighted by molar-refractivity contribution is -0.311. The second kappa shape index (κ2) is 11.4. The van der Waals surface area contributed by atoms with E-state index in [2.05, 4.69) is 5.32 Å². The number of amides is 1. The zero-order valence-electron chi connectivity index (χ0n) is 25.3. The van der Waals surface area contributed by atoms with E-state index in [1.54, 1.807) is 55.5 Å². The minimum atomic E-state index is -5.79. The summed E-state index contributed by atoms with van der Waals surface area (Å²) in [6.45, 7) is 1.62. The van der Waals surface area contributed by atoms with Crippen molar-refractivity contribution in [1.82, 2.24) is 0 Å². The lowest BCUT2D eigenvalue weighted by Crippen LogP contribution is -2.50. The zero-order valence-corrected chi connectivity index (χ0v) is 25.3. The Kier molecular flexibility index (Phi) is 7.98. The fourth-order valence-corrected chi connectivity index (χ4v) is 8.48. The number of para-hydroxylation sites is 1. The molecule has 6 atom stereocenters. The van der Waals surface area contributed by atoms with E-state index in [-0.39, 0.29) is 41.4 Å². The van der Waals surface area contributed by atoms with Crippen LogP contribution in [0.1, 0.15) is 77.6 Å². The van der Waals surface area contributed by atoms with E-state index in [4.69, 9.17) is 4.74 Å². The molecule has 0 bridgehead atoms. The Labute approximate surface area is 262 Å². The standard InChI is InChI=1S/C35H34F5NO5/c1-33-17-25(18-7-9-19(10-8-18)31(44)41-28-6-4-3-5-24(28)32(45)46-2)29-22-14-12-21(42)15-20(22)11-13-23(29)26(33)16-27(30(33)43)34(36,37)35(38,39)40/h3-10,15,23,25-27,30,43H,11-14,16-17H2,1-2H3,(H,41,44). The van der Waals surface area contributed by atoms with Crippen LogP contribution in [0.3, 0.4) is 0 Å². The number of hydrogen-bond acceptors (Lipinski definition) is 5. The maximum atomic E-state index is 14.8. The average molecular weight is 644 g/mol. The Morgan fingerprint density at radius 2 is 1.70 bits per heavy atom. The van der Waals surface area contributed by atoms with Gasteiger partial charge < -0.3 is 15.2 Å². The first-order valence-corrected chi connectivity index (χ1v) is 15.3. The maximum Gasteiger partial charge on any atom is 0.453 e. The second-order valence-electron chi connectivity index (χ2n) is 13.1. The van der Waals surface area contributed by atoms with E-state index in [0.717, 1.165) is 22.3 Å². The Balaban J connectivity index is 1.36. The highest BCUT2D eigenvalue weighted by Gasteiger charge is 2.71. The number of anilines is 1. The molecule has 0 spiro atoms. The Morgan fingerprint density at radius 3 is 2.37 bits per heavy atom. The summed E-state index contributed by atoms with van der Waals surface area (Å²) in [6.07, 6.45) is -4.63. The number of aliphatic hydroxyl groups is 1. The van der Waals surface area contributed by atoms with E-state index < -0.39 is 59.7 Å². The van der Waals surface area contributed by atoms with Crippen LogP contribution < -0.4 is 5.32 Å². The molecule has 2 aromatic carbocycles. The molecule has 1 amide bonds. The topological polar surface area (TPSA) is 92.7 Å².